The molecule has 1 aliphatic heterocycles. The van der Waals surface area contributed by atoms with E-state index in [1.54, 1.807) is 4.90 Å². The molecule has 1 heterocycles. The molecule has 2 unspecified atom stereocenters. The molecule has 2 fully saturated rings. The van der Waals surface area contributed by atoms with Crippen LogP contribution in [0, 0.1) is 11.3 Å². The molecule has 0 spiro atoms. The van der Waals surface area contributed by atoms with Crippen LogP contribution in [0.4, 0.5) is 4.79 Å². The van der Waals surface area contributed by atoms with Crippen LogP contribution in [0.3, 0.4) is 0 Å². The lowest BCUT2D eigenvalue weighted by atomic mass is 10.1. The summed E-state index contributed by atoms with van der Waals surface area (Å²) in [5, 5.41) is 0. The Bertz CT molecular complexity index is 456. The van der Waals surface area contributed by atoms with E-state index in [1.165, 1.54) is 0 Å². The van der Waals surface area contributed by atoms with Crippen LogP contribution in [0.15, 0.2) is 0 Å². The van der Waals surface area contributed by atoms with Gasteiger partial charge in [0.1, 0.15) is 5.60 Å². The number of piperazine rings is 1. The first-order valence-electron chi connectivity index (χ1n) is 8.03. The predicted molar refractivity (Wildman–Crippen MR) is 84.3 cm³/mol. The standard InChI is InChI=1S/C16H29N3O3/c1-15(2,3)22-14(21)18-6-7-19(11(9-17)10-18)13(20)12-8-16(12,4)5/h11-12H,6-10,17H2,1-5H3. The van der Waals surface area contributed by atoms with Crippen molar-refractivity contribution in [2.75, 3.05) is 26.2 Å². The lowest BCUT2D eigenvalue weighted by molar-refractivity contribution is -0.138. The predicted octanol–water partition coefficient (Wildman–Crippen LogP) is 1.44. The maximum absolute atomic E-state index is 12.6. The van der Waals surface area contributed by atoms with E-state index in [4.69, 9.17) is 10.5 Å². The van der Waals surface area contributed by atoms with Gasteiger partial charge in [0, 0.05) is 32.1 Å². The van der Waals surface area contributed by atoms with Crippen molar-refractivity contribution in [1.82, 2.24) is 9.80 Å². The smallest absolute Gasteiger partial charge is 0.410 e. The van der Waals surface area contributed by atoms with E-state index in [0.29, 0.717) is 26.2 Å². The minimum Gasteiger partial charge on any atom is -0.444 e. The maximum Gasteiger partial charge on any atom is 0.410 e. The number of carbonyl (C=O) groups is 2. The molecule has 2 aliphatic rings. The second-order valence-electron chi connectivity index (χ2n) is 8.09. The van der Waals surface area contributed by atoms with Crippen LogP contribution >= 0.6 is 0 Å². The molecule has 126 valence electrons. The normalized spacial score (nSPS) is 27.5. The molecule has 1 saturated carbocycles. The van der Waals surface area contributed by atoms with E-state index in [9.17, 15) is 9.59 Å². The molecule has 2 atom stereocenters. The summed E-state index contributed by atoms with van der Waals surface area (Å²) < 4.78 is 5.40. The van der Waals surface area contributed by atoms with Gasteiger partial charge >= 0.3 is 6.09 Å². The fraction of sp³-hybridized carbons (Fsp3) is 0.875. The molecule has 0 aromatic carbocycles. The molecule has 6 heteroatoms. The Balaban J connectivity index is 1.97. The van der Waals surface area contributed by atoms with Crippen LogP contribution < -0.4 is 5.73 Å². The number of nitrogens with two attached hydrogens (primary N) is 1. The van der Waals surface area contributed by atoms with Crippen molar-refractivity contribution >= 4 is 12.0 Å². The van der Waals surface area contributed by atoms with E-state index in [2.05, 4.69) is 13.8 Å². The SMILES string of the molecule is CC(C)(C)OC(=O)N1CCN(C(=O)C2CC2(C)C)C(CN)C1. The molecule has 1 saturated heterocycles. The monoisotopic (exact) mass is 311 g/mol. The van der Waals surface area contributed by atoms with Crippen LogP contribution in [-0.4, -0.2) is 59.6 Å². The minimum atomic E-state index is -0.514. The fourth-order valence-corrected chi connectivity index (χ4v) is 2.93. The zero-order valence-corrected chi connectivity index (χ0v) is 14.4. The summed E-state index contributed by atoms with van der Waals surface area (Å²) in [6.07, 6.45) is 0.611. The van der Waals surface area contributed by atoms with Gasteiger partial charge in [-0.3, -0.25) is 4.79 Å². The highest BCUT2D eigenvalue weighted by molar-refractivity contribution is 5.83. The second-order valence-corrected chi connectivity index (χ2v) is 8.09. The van der Waals surface area contributed by atoms with Gasteiger partial charge in [-0.05, 0) is 32.6 Å². The van der Waals surface area contributed by atoms with Crippen molar-refractivity contribution in [3.8, 4) is 0 Å². The Hall–Kier alpha value is -1.30. The molecule has 22 heavy (non-hydrogen) atoms. The Morgan fingerprint density at radius 3 is 2.32 bits per heavy atom. The van der Waals surface area contributed by atoms with Crippen LogP contribution in [0.2, 0.25) is 0 Å². The Kier molecular flexibility index (Phi) is 4.44. The van der Waals surface area contributed by atoms with Gasteiger partial charge in [-0.2, -0.15) is 0 Å². The first-order chi connectivity index (χ1) is 10.0. The van der Waals surface area contributed by atoms with Crippen LogP contribution in [0.25, 0.3) is 0 Å². The van der Waals surface area contributed by atoms with Gasteiger partial charge < -0.3 is 20.3 Å². The summed E-state index contributed by atoms with van der Waals surface area (Å²) in [5.41, 5.74) is 5.43. The van der Waals surface area contributed by atoms with E-state index in [-0.39, 0.29) is 29.4 Å². The summed E-state index contributed by atoms with van der Waals surface area (Å²) in [4.78, 5) is 28.3. The molecule has 1 aliphatic carbocycles. The molecule has 6 nitrogen and oxygen atoms in total. The van der Waals surface area contributed by atoms with Crippen LogP contribution in [0.1, 0.15) is 41.0 Å². The third kappa shape index (κ3) is 3.72. The third-order valence-electron chi connectivity index (χ3n) is 4.50. The van der Waals surface area contributed by atoms with E-state index < -0.39 is 5.60 Å². The number of amides is 2. The lowest BCUT2D eigenvalue weighted by Gasteiger charge is -2.41. The number of hydrogen-bond acceptors (Lipinski definition) is 4. The molecule has 0 aromatic rings. The minimum absolute atomic E-state index is 0.106. The lowest BCUT2D eigenvalue weighted by Crippen LogP contribution is -2.59. The van der Waals surface area contributed by atoms with Crippen LogP contribution in [-0.2, 0) is 9.53 Å². The summed E-state index contributed by atoms with van der Waals surface area (Å²) in [7, 11) is 0. The molecule has 0 radical (unpaired) electrons. The van der Waals surface area contributed by atoms with E-state index in [0.717, 1.165) is 6.42 Å². The third-order valence-corrected chi connectivity index (χ3v) is 4.50. The highest BCUT2D eigenvalue weighted by Crippen LogP contribution is 2.52. The van der Waals surface area contributed by atoms with E-state index in [1.807, 2.05) is 25.7 Å². The van der Waals surface area contributed by atoms with Gasteiger partial charge in [0.2, 0.25) is 5.91 Å². The van der Waals surface area contributed by atoms with Gasteiger partial charge in [0.15, 0.2) is 0 Å². The summed E-state index contributed by atoms with van der Waals surface area (Å²) in [6, 6.07) is -0.120. The van der Waals surface area contributed by atoms with Crippen LogP contribution in [0.5, 0.6) is 0 Å². The highest BCUT2D eigenvalue weighted by Gasteiger charge is 2.53. The van der Waals surface area contributed by atoms with Crippen molar-refractivity contribution in [2.24, 2.45) is 17.1 Å². The first-order valence-corrected chi connectivity index (χ1v) is 8.03. The fourth-order valence-electron chi connectivity index (χ4n) is 2.93. The van der Waals surface area contributed by atoms with Gasteiger partial charge in [-0.15, -0.1) is 0 Å². The summed E-state index contributed by atoms with van der Waals surface area (Å²) in [6.45, 7) is 11.6. The number of nitrogens with zero attached hydrogens (tertiary/aromatic N) is 2. The van der Waals surface area contributed by atoms with Crippen molar-refractivity contribution < 1.29 is 14.3 Å². The summed E-state index contributed by atoms with van der Waals surface area (Å²) >= 11 is 0. The Labute approximate surface area is 132 Å². The zero-order valence-electron chi connectivity index (χ0n) is 14.4. The summed E-state index contributed by atoms with van der Waals surface area (Å²) in [5.74, 6) is 0.291. The molecule has 2 rings (SSSR count). The van der Waals surface area contributed by atoms with Gasteiger partial charge in [-0.1, -0.05) is 13.8 Å². The van der Waals surface area contributed by atoms with Gasteiger partial charge in [-0.25, -0.2) is 4.79 Å². The quantitative estimate of drug-likeness (QED) is 0.837. The topological polar surface area (TPSA) is 75.9 Å². The highest BCUT2D eigenvalue weighted by atomic mass is 16.6. The zero-order chi connectivity index (χ0) is 16.7. The number of carbonyl (C=O) groups excluding carboxylic acids is 2. The molecular formula is C16H29N3O3. The number of ether oxygens (including phenoxy) is 1. The largest absolute Gasteiger partial charge is 0.444 e. The average molecular weight is 311 g/mol. The molecule has 0 aromatic heterocycles. The molecule has 2 N–H and O–H groups in total. The van der Waals surface area contributed by atoms with Crippen molar-refractivity contribution in [3.05, 3.63) is 0 Å². The maximum atomic E-state index is 12.6. The van der Waals surface area contributed by atoms with Crippen molar-refractivity contribution in [1.29, 1.82) is 0 Å². The van der Waals surface area contributed by atoms with Crippen molar-refractivity contribution in [2.45, 2.75) is 52.7 Å². The van der Waals surface area contributed by atoms with E-state index >= 15 is 0 Å². The Morgan fingerprint density at radius 1 is 1.27 bits per heavy atom. The Morgan fingerprint density at radius 2 is 1.86 bits per heavy atom. The molecular weight excluding hydrogens is 282 g/mol. The molecule has 0 bridgehead atoms. The van der Waals surface area contributed by atoms with Gasteiger partial charge in [0.25, 0.3) is 0 Å². The average Bonchev–Trinajstić information content (AvgIpc) is 3.04. The van der Waals surface area contributed by atoms with Crippen molar-refractivity contribution in [3.63, 3.8) is 0 Å². The number of rotatable bonds is 2. The second kappa shape index (κ2) is 5.72. The van der Waals surface area contributed by atoms with Gasteiger partial charge in [0.05, 0.1) is 6.04 Å². The molecule has 2 amide bonds. The number of hydrogen-bond donors (Lipinski definition) is 1. The first kappa shape index (κ1) is 17.1.